The first-order valence-corrected chi connectivity index (χ1v) is 8.02. The van der Waals surface area contributed by atoms with E-state index in [9.17, 15) is 9.59 Å². The monoisotopic (exact) mass is 299 g/mol. The molecule has 122 valence electrons. The summed E-state index contributed by atoms with van der Waals surface area (Å²) < 4.78 is 5.62. The van der Waals surface area contributed by atoms with E-state index in [-0.39, 0.29) is 12.3 Å². The number of carboxylic acid groups (broad SMARTS) is 1. The van der Waals surface area contributed by atoms with E-state index in [1.807, 2.05) is 11.8 Å². The summed E-state index contributed by atoms with van der Waals surface area (Å²) in [6.07, 6.45) is 3.37. The summed E-state index contributed by atoms with van der Waals surface area (Å²) in [5.74, 6) is 0.159. The van der Waals surface area contributed by atoms with Gasteiger partial charge in [-0.2, -0.15) is 0 Å². The number of aliphatic carboxylic acids is 1. The van der Waals surface area contributed by atoms with Crippen LogP contribution in [-0.4, -0.2) is 47.7 Å². The zero-order chi connectivity index (χ0) is 15.8. The third-order valence-electron chi connectivity index (χ3n) is 4.01. The molecule has 1 fully saturated rings. The Kier molecular flexibility index (Phi) is 7.72. The topological polar surface area (TPSA) is 66.8 Å². The van der Waals surface area contributed by atoms with Crippen molar-refractivity contribution < 1.29 is 19.4 Å². The Balaban J connectivity index is 2.36. The quantitative estimate of drug-likeness (QED) is 0.748. The number of likely N-dealkylation sites (tertiary alicyclic amines) is 1. The van der Waals surface area contributed by atoms with Gasteiger partial charge in [0.2, 0.25) is 0 Å². The van der Waals surface area contributed by atoms with Gasteiger partial charge in [-0.1, -0.05) is 13.8 Å². The van der Waals surface area contributed by atoms with Crippen LogP contribution in [0.2, 0.25) is 0 Å². The van der Waals surface area contributed by atoms with Gasteiger partial charge in [-0.15, -0.1) is 0 Å². The molecule has 5 nitrogen and oxygen atoms in total. The van der Waals surface area contributed by atoms with Crippen LogP contribution in [0.1, 0.15) is 52.9 Å². The number of ether oxygens (including phenoxy) is 1. The number of carboxylic acids is 1. The smallest absolute Gasteiger partial charge is 0.303 e. The SMILES string of the molecule is CC(C)CCO[C@H](C)C(=O)N1CCC[C@@H](CCC(=O)O)C1. The minimum atomic E-state index is -0.760. The number of nitrogens with zero attached hydrogens (tertiary/aromatic N) is 1. The highest BCUT2D eigenvalue weighted by Gasteiger charge is 2.27. The highest BCUT2D eigenvalue weighted by molar-refractivity contribution is 5.80. The zero-order valence-corrected chi connectivity index (χ0v) is 13.5. The van der Waals surface area contributed by atoms with E-state index >= 15 is 0 Å². The maximum absolute atomic E-state index is 12.3. The second kappa shape index (κ2) is 9.03. The van der Waals surface area contributed by atoms with Crippen molar-refractivity contribution >= 4 is 11.9 Å². The van der Waals surface area contributed by atoms with Crippen LogP contribution in [0.3, 0.4) is 0 Å². The maximum Gasteiger partial charge on any atom is 0.303 e. The Morgan fingerprint density at radius 2 is 2.05 bits per heavy atom. The first-order valence-electron chi connectivity index (χ1n) is 8.02. The molecule has 1 N–H and O–H groups in total. The molecule has 0 aromatic carbocycles. The van der Waals surface area contributed by atoms with Crippen molar-refractivity contribution in [3.63, 3.8) is 0 Å². The Bertz CT molecular complexity index is 343. The number of rotatable bonds is 8. The minimum absolute atomic E-state index is 0.0405. The van der Waals surface area contributed by atoms with E-state index < -0.39 is 12.1 Å². The lowest BCUT2D eigenvalue weighted by molar-refractivity contribution is -0.144. The predicted molar refractivity (Wildman–Crippen MR) is 81.0 cm³/mol. The number of carbonyl (C=O) groups excluding carboxylic acids is 1. The van der Waals surface area contributed by atoms with Crippen LogP contribution < -0.4 is 0 Å². The van der Waals surface area contributed by atoms with Gasteiger partial charge in [-0.05, 0) is 44.4 Å². The van der Waals surface area contributed by atoms with Gasteiger partial charge >= 0.3 is 5.97 Å². The predicted octanol–water partition coefficient (Wildman–Crippen LogP) is 2.54. The minimum Gasteiger partial charge on any atom is -0.481 e. The van der Waals surface area contributed by atoms with Crippen molar-refractivity contribution in [2.45, 2.75) is 59.0 Å². The fourth-order valence-electron chi connectivity index (χ4n) is 2.64. The van der Waals surface area contributed by atoms with Crippen molar-refractivity contribution in [1.82, 2.24) is 4.90 Å². The molecular weight excluding hydrogens is 270 g/mol. The lowest BCUT2D eigenvalue weighted by Crippen LogP contribution is -2.45. The molecule has 0 aliphatic carbocycles. The highest BCUT2D eigenvalue weighted by atomic mass is 16.5. The number of hydrogen-bond donors (Lipinski definition) is 1. The van der Waals surface area contributed by atoms with Gasteiger partial charge in [0.1, 0.15) is 6.10 Å². The van der Waals surface area contributed by atoms with Crippen molar-refractivity contribution in [1.29, 1.82) is 0 Å². The summed E-state index contributed by atoms with van der Waals surface area (Å²) in [5, 5.41) is 8.75. The summed E-state index contributed by atoms with van der Waals surface area (Å²) in [6.45, 7) is 8.12. The largest absolute Gasteiger partial charge is 0.481 e. The van der Waals surface area contributed by atoms with Crippen LogP contribution in [0.15, 0.2) is 0 Å². The molecule has 0 aromatic heterocycles. The van der Waals surface area contributed by atoms with Crippen LogP contribution in [0, 0.1) is 11.8 Å². The van der Waals surface area contributed by atoms with E-state index in [4.69, 9.17) is 9.84 Å². The molecule has 1 amide bonds. The van der Waals surface area contributed by atoms with E-state index in [0.29, 0.717) is 31.4 Å². The number of piperidine rings is 1. The van der Waals surface area contributed by atoms with Crippen molar-refractivity contribution in [3.8, 4) is 0 Å². The zero-order valence-electron chi connectivity index (χ0n) is 13.5. The van der Waals surface area contributed by atoms with Crippen LogP contribution in [0.25, 0.3) is 0 Å². The van der Waals surface area contributed by atoms with Gasteiger partial charge in [0.25, 0.3) is 5.91 Å². The summed E-state index contributed by atoms with van der Waals surface area (Å²) in [5.41, 5.74) is 0. The van der Waals surface area contributed by atoms with Crippen molar-refractivity contribution in [2.24, 2.45) is 11.8 Å². The molecule has 0 aromatic rings. The second-order valence-corrected chi connectivity index (χ2v) is 6.42. The normalized spacial score (nSPS) is 20.6. The average molecular weight is 299 g/mol. The molecule has 1 aliphatic heterocycles. The number of amides is 1. The van der Waals surface area contributed by atoms with Gasteiger partial charge < -0.3 is 14.7 Å². The number of hydrogen-bond acceptors (Lipinski definition) is 3. The molecule has 0 spiro atoms. The lowest BCUT2D eigenvalue weighted by atomic mass is 9.93. The van der Waals surface area contributed by atoms with Crippen LogP contribution >= 0.6 is 0 Å². The van der Waals surface area contributed by atoms with Crippen LogP contribution in [-0.2, 0) is 14.3 Å². The van der Waals surface area contributed by atoms with Gasteiger partial charge in [0.05, 0.1) is 0 Å². The summed E-state index contributed by atoms with van der Waals surface area (Å²) in [6, 6.07) is 0. The Morgan fingerprint density at radius 1 is 1.33 bits per heavy atom. The standard InChI is InChI=1S/C16H29NO4/c1-12(2)8-10-21-13(3)16(20)17-9-4-5-14(11-17)6-7-15(18)19/h12-14H,4-11H2,1-3H3,(H,18,19)/t13-,14+/m1/s1. The molecule has 0 unspecified atom stereocenters. The fraction of sp³-hybridized carbons (Fsp3) is 0.875. The van der Waals surface area contributed by atoms with Gasteiger partial charge in [-0.3, -0.25) is 9.59 Å². The molecular formula is C16H29NO4. The molecule has 0 bridgehead atoms. The number of carbonyl (C=O) groups is 2. The van der Waals surface area contributed by atoms with Crippen LogP contribution in [0.5, 0.6) is 0 Å². The van der Waals surface area contributed by atoms with Crippen molar-refractivity contribution in [2.75, 3.05) is 19.7 Å². The molecule has 21 heavy (non-hydrogen) atoms. The maximum atomic E-state index is 12.3. The molecule has 0 saturated carbocycles. The molecule has 1 heterocycles. The fourth-order valence-corrected chi connectivity index (χ4v) is 2.64. The second-order valence-electron chi connectivity index (χ2n) is 6.42. The molecule has 2 atom stereocenters. The Morgan fingerprint density at radius 3 is 2.67 bits per heavy atom. The summed E-state index contributed by atoms with van der Waals surface area (Å²) in [7, 11) is 0. The van der Waals surface area contributed by atoms with Gasteiger partial charge in [0.15, 0.2) is 0 Å². The highest BCUT2D eigenvalue weighted by Crippen LogP contribution is 2.22. The molecule has 0 radical (unpaired) electrons. The van der Waals surface area contributed by atoms with E-state index in [1.54, 1.807) is 0 Å². The van der Waals surface area contributed by atoms with Gasteiger partial charge in [-0.25, -0.2) is 0 Å². The lowest BCUT2D eigenvalue weighted by Gasteiger charge is -2.34. The average Bonchev–Trinajstić information content (AvgIpc) is 2.44. The summed E-state index contributed by atoms with van der Waals surface area (Å²) >= 11 is 0. The van der Waals surface area contributed by atoms with E-state index in [2.05, 4.69) is 13.8 Å². The third-order valence-corrected chi connectivity index (χ3v) is 4.01. The summed E-state index contributed by atoms with van der Waals surface area (Å²) in [4.78, 5) is 24.8. The van der Waals surface area contributed by atoms with E-state index in [1.165, 1.54) is 0 Å². The first-order chi connectivity index (χ1) is 9.90. The van der Waals surface area contributed by atoms with E-state index in [0.717, 1.165) is 25.8 Å². The Labute approximate surface area is 127 Å². The molecule has 1 aliphatic rings. The van der Waals surface area contributed by atoms with Crippen molar-refractivity contribution in [3.05, 3.63) is 0 Å². The van der Waals surface area contributed by atoms with Crippen LogP contribution in [0.4, 0.5) is 0 Å². The Hall–Kier alpha value is -1.10. The molecule has 1 saturated heterocycles. The molecule has 5 heteroatoms. The molecule has 1 rings (SSSR count). The first kappa shape index (κ1) is 18.0. The third kappa shape index (κ3) is 6.93. The van der Waals surface area contributed by atoms with Gasteiger partial charge in [0, 0.05) is 26.1 Å².